The van der Waals surface area contributed by atoms with Crippen molar-refractivity contribution in [2.24, 2.45) is 0 Å². The van der Waals surface area contributed by atoms with Crippen LogP contribution in [0.3, 0.4) is 0 Å². The first-order valence-corrected chi connectivity index (χ1v) is 7.10. The molecule has 1 heterocycles. The van der Waals surface area contributed by atoms with Crippen molar-refractivity contribution >= 4 is 17.3 Å². The van der Waals surface area contributed by atoms with Crippen LogP contribution in [0.4, 0.5) is 0 Å². The highest BCUT2D eigenvalue weighted by molar-refractivity contribution is 7.13. The van der Waals surface area contributed by atoms with E-state index in [1.165, 1.54) is 11.3 Å². The molecule has 0 fully saturated rings. The van der Waals surface area contributed by atoms with Gasteiger partial charge in [0.1, 0.15) is 10.8 Å². The van der Waals surface area contributed by atoms with Crippen LogP contribution in [0.5, 0.6) is 5.75 Å². The largest absolute Gasteiger partial charge is 0.508 e. The standard InChI is InChI=1S/C16H11NO3S/c18-13-3-1-2-12(8-13)15-17-14(9-21-15)10-4-6-11(7-5-10)16(19)20/h1-9,18H,(H,19,20). The van der Waals surface area contributed by atoms with E-state index in [9.17, 15) is 9.90 Å². The van der Waals surface area contributed by atoms with Crippen LogP contribution in [0.1, 0.15) is 10.4 Å². The van der Waals surface area contributed by atoms with Crippen LogP contribution < -0.4 is 0 Å². The van der Waals surface area contributed by atoms with Crippen LogP contribution in [0.15, 0.2) is 53.9 Å². The van der Waals surface area contributed by atoms with E-state index in [0.29, 0.717) is 0 Å². The van der Waals surface area contributed by atoms with E-state index in [1.54, 1.807) is 42.5 Å². The van der Waals surface area contributed by atoms with Gasteiger partial charge in [0.25, 0.3) is 0 Å². The lowest BCUT2D eigenvalue weighted by atomic mass is 10.1. The molecule has 104 valence electrons. The van der Waals surface area contributed by atoms with E-state index in [4.69, 9.17) is 5.11 Å². The Bertz CT molecular complexity index is 793. The molecule has 3 aromatic rings. The molecule has 2 N–H and O–H groups in total. The monoisotopic (exact) mass is 297 g/mol. The number of thiazole rings is 1. The Morgan fingerprint density at radius 3 is 2.48 bits per heavy atom. The average Bonchev–Trinajstić information content (AvgIpc) is 2.97. The highest BCUT2D eigenvalue weighted by atomic mass is 32.1. The van der Waals surface area contributed by atoms with Crippen LogP contribution >= 0.6 is 11.3 Å². The van der Waals surface area contributed by atoms with Crippen molar-refractivity contribution in [1.29, 1.82) is 0 Å². The maximum Gasteiger partial charge on any atom is 0.335 e. The highest BCUT2D eigenvalue weighted by Gasteiger charge is 2.08. The van der Waals surface area contributed by atoms with Gasteiger partial charge in [0.2, 0.25) is 0 Å². The number of aromatic carboxylic acids is 1. The number of phenols is 1. The summed E-state index contributed by atoms with van der Waals surface area (Å²) in [5.74, 6) is -0.740. The molecule has 1 aromatic heterocycles. The fraction of sp³-hybridized carbons (Fsp3) is 0. The zero-order valence-corrected chi connectivity index (χ0v) is 11.7. The van der Waals surface area contributed by atoms with E-state index in [-0.39, 0.29) is 11.3 Å². The predicted molar refractivity (Wildman–Crippen MR) is 81.6 cm³/mol. The molecule has 0 saturated heterocycles. The second-order valence-electron chi connectivity index (χ2n) is 4.47. The highest BCUT2D eigenvalue weighted by Crippen LogP contribution is 2.30. The van der Waals surface area contributed by atoms with Gasteiger partial charge < -0.3 is 10.2 Å². The minimum absolute atomic E-state index is 0.204. The lowest BCUT2D eigenvalue weighted by Crippen LogP contribution is -1.94. The lowest BCUT2D eigenvalue weighted by Gasteiger charge is -1.99. The molecule has 0 bridgehead atoms. The number of carboxylic acid groups (broad SMARTS) is 1. The fourth-order valence-electron chi connectivity index (χ4n) is 1.96. The third-order valence-corrected chi connectivity index (χ3v) is 3.92. The number of phenolic OH excluding ortho intramolecular Hbond substituents is 1. The molecule has 0 radical (unpaired) electrons. The van der Waals surface area contributed by atoms with Gasteiger partial charge in [0.05, 0.1) is 11.3 Å². The Hall–Kier alpha value is -2.66. The number of aromatic nitrogens is 1. The second kappa shape index (κ2) is 5.38. The zero-order chi connectivity index (χ0) is 14.8. The fourth-order valence-corrected chi connectivity index (χ4v) is 2.79. The van der Waals surface area contributed by atoms with Crippen molar-refractivity contribution in [1.82, 2.24) is 4.98 Å². The summed E-state index contributed by atoms with van der Waals surface area (Å²) in [6, 6.07) is 13.5. The first kappa shape index (κ1) is 13.3. The van der Waals surface area contributed by atoms with E-state index >= 15 is 0 Å². The third-order valence-electron chi connectivity index (χ3n) is 3.02. The first-order valence-electron chi connectivity index (χ1n) is 6.22. The zero-order valence-electron chi connectivity index (χ0n) is 10.9. The topological polar surface area (TPSA) is 70.4 Å². The number of rotatable bonds is 3. The van der Waals surface area contributed by atoms with Crippen molar-refractivity contribution in [3.63, 3.8) is 0 Å². The van der Waals surface area contributed by atoms with Crippen molar-refractivity contribution in [2.45, 2.75) is 0 Å². The normalized spacial score (nSPS) is 10.5. The summed E-state index contributed by atoms with van der Waals surface area (Å²) in [6.45, 7) is 0. The van der Waals surface area contributed by atoms with Crippen LogP contribution in [0, 0.1) is 0 Å². The van der Waals surface area contributed by atoms with Gasteiger partial charge in [0.15, 0.2) is 0 Å². The summed E-state index contributed by atoms with van der Waals surface area (Å²) in [6.07, 6.45) is 0. The number of nitrogens with zero attached hydrogens (tertiary/aromatic N) is 1. The average molecular weight is 297 g/mol. The molecule has 0 aliphatic rings. The van der Waals surface area contributed by atoms with Crippen molar-refractivity contribution in [3.05, 3.63) is 59.5 Å². The molecule has 0 aliphatic heterocycles. The van der Waals surface area contributed by atoms with E-state index in [1.807, 2.05) is 11.4 Å². The molecule has 3 rings (SSSR count). The molecular formula is C16H11NO3S. The number of aromatic hydroxyl groups is 1. The van der Waals surface area contributed by atoms with Gasteiger partial charge in [0, 0.05) is 16.5 Å². The molecule has 0 saturated carbocycles. The summed E-state index contributed by atoms with van der Waals surface area (Å²) in [5, 5.41) is 21.1. The van der Waals surface area contributed by atoms with Crippen LogP contribution in [-0.4, -0.2) is 21.2 Å². The molecule has 0 unspecified atom stereocenters. The van der Waals surface area contributed by atoms with Crippen molar-refractivity contribution in [3.8, 4) is 27.6 Å². The lowest BCUT2D eigenvalue weighted by molar-refractivity contribution is 0.0697. The maximum absolute atomic E-state index is 10.8. The smallest absolute Gasteiger partial charge is 0.335 e. The van der Waals surface area contributed by atoms with Gasteiger partial charge in [-0.05, 0) is 24.3 Å². The van der Waals surface area contributed by atoms with Gasteiger partial charge in [-0.2, -0.15) is 0 Å². The van der Waals surface area contributed by atoms with Gasteiger partial charge in [-0.25, -0.2) is 9.78 Å². The third kappa shape index (κ3) is 2.78. The number of hydrogen-bond donors (Lipinski definition) is 2. The number of carboxylic acids is 1. The quantitative estimate of drug-likeness (QED) is 0.769. The maximum atomic E-state index is 10.8. The molecule has 0 aliphatic carbocycles. The van der Waals surface area contributed by atoms with Gasteiger partial charge >= 0.3 is 5.97 Å². The van der Waals surface area contributed by atoms with Gasteiger partial charge in [-0.1, -0.05) is 24.3 Å². The Morgan fingerprint density at radius 1 is 1.05 bits per heavy atom. The number of carbonyl (C=O) groups is 1. The minimum atomic E-state index is -0.944. The summed E-state index contributed by atoms with van der Waals surface area (Å²) < 4.78 is 0. The molecule has 2 aromatic carbocycles. The molecule has 0 amide bonds. The molecule has 0 spiro atoms. The second-order valence-corrected chi connectivity index (χ2v) is 5.33. The van der Waals surface area contributed by atoms with Crippen LogP contribution in [0.2, 0.25) is 0 Å². The SMILES string of the molecule is O=C(O)c1ccc(-c2csc(-c3cccc(O)c3)n2)cc1. The van der Waals surface area contributed by atoms with Crippen LogP contribution in [0.25, 0.3) is 21.8 Å². The van der Waals surface area contributed by atoms with Gasteiger partial charge in [-0.15, -0.1) is 11.3 Å². The Balaban J connectivity index is 1.93. The summed E-state index contributed by atoms with van der Waals surface area (Å²) >= 11 is 1.48. The van der Waals surface area contributed by atoms with Crippen molar-refractivity contribution in [2.75, 3.05) is 0 Å². The number of hydrogen-bond acceptors (Lipinski definition) is 4. The first-order chi connectivity index (χ1) is 10.1. The Kier molecular flexibility index (Phi) is 3.41. The molecule has 0 atom stereocenters. The Morgan fingerprint density at radius 2 is 1.81 bits per heavy atom. The van der Waals surface area contributed by atoms with Gasteiger partial charge in [-0.3, -0.25) is 0 Å². The molecule has 5 heteroatoms. The molecule has 21 heavy (non-hydrogen) atoms. The van der Waals surface area contributed by atoms with Crippen molar-refractivity contribution < 1.29 is 15.0 Å². The molecule has 4 nitrogen and oxygen atoms in total. The van der Waals surface area contributed by atoms with E-state index in [0.717, 1.165) is 21.8 Å². The van der Waals surface area contributed by atoms with E-state index in [2.05, 4.69) is 4.98 Å². The summed E-state index contributed by atoms with van der Waals surface area (Å²) in [4.78, 5) is 15.4. The Labute approximate surface area is 125 Å². The predicted octanol–water partition coefficient (Wildman–Crippen LogP) is 3.88. The molecular weight excluding hydrogens is 286 g/mol. The minimum Gasteiger partial charge on any atom is -0.508 e. The summed E-state index contributed by atoms with van der Waals surface area (Å²) in [7, 11) is 0. The summed E-state index contributed by atoms with van der Waals surface area (Å²) in [5.41, 5.74) is 2.76. The van der Waals surface area contributed by atoms with Crippen LogP contribution in [-0.2, 0) is 0 Å². The van der Waals surface area contributed by atoms with E-state index < -0.39 is 5.97 Å². The number of benzene rings is 2.